The minimum Gasteiger partial charge on any atom is -0.351 e. The molecule has 2 amide bonds. The second kappa shape index (κ2) is 6.72. The Kier molecular flexibility index (Phi) is 4.55. The molecule has 3 aliphatic rings. The number of halogens is 1. The van der Waals surface area contributed by atoms with Crippen LogP contribution in [0.4, 0.5) is 4.79 Å². The van der Waals surface area contributed by atoms with Gasteiger partial charge in [-0.25, -0.2) is 4.79 Å². The molecule has 3 saturated carbocycles. The largest absolute Gasteiger partial charge is 0.351 e. The summed E-state index contributed by atoms with van der Waals surface area (Å²) in [6, 6.07) is 5.37. The van der Waals surface area contributed by atoms with E-state index in [2.05, 4.69) is 26.6 Å². The van der Waals surface area contributed by atoms with Crippen molar-refractivity contribution in [3.8, 4) is 0 Å². The van der Waals surface area contributed by atoms with Crippen molar-refractivity contribution in [2.45, 2.75) is 38.5 Å². The van der Waals surface area contributed by atoms with Gasteiger partial charge >= 0.3 is 6.03 Å². The summed E-state index contributed by atoms with van der Waals surface area (Å²) >= 11 is 3.53. The molecule has 6 heteroatoms. The van der Waals surface area contributed by atoms with E-state index in [4.69, 9.17) is 0 Å². The third-order valence-electron chi connectivity index (χ3n) is 6.33. The van der Waals surface area contributed by atoms with Crippen molar-refractivity contribution in [2.24, 2.45) is 11.3 Å². The predicted octanol–water partition coefficient (Wildman–Crippen LogP) is 4.29. The Morgan fingerprint density at radius 2 is 1.92 bits per heavy atom. The molecule has 3 fully saturated rings. The van der Waals surface area contributed by atoms with E-state index in [-0.39, 0.29) is 17.4 Å². The van der Waals surface area contributed by atoms with Gasteiger partial charge < -0.3 is 10.6 Å². The topological polar surface area (TPSA) is 63.1 Å². The molecule has 5 rings (SSSR count). The standard InChI is InChI=1S/C20H24BrN3O2/c1-22-19(26)24-11-14(17-15(21)3-2-4-16(17)24)18(25)23-12-20-8-5-13(6-9-20)7-10-20/h2-4,11,13H,5-10,12H2,1H3,(H,22,26)(H,23,25). The Morgan fingerprint density at radius 1 is 1.23 bits per heavy atom. The molecule has 2 N–H and O–H groups in total. The lowest BCUT2D eigenvalue weighted by atomic mass is 9.61. The highest BCUT2D eigenvalue weighted by molar-refractivity contribution is 9.10. The Balaban J connectivity index is 1.61. The third kappa shape index (κ3) is 2.94. The molecule has 2 aromatic rings. The van der Waals surface area contributed by atoms with E-state index in [1.807, 2.05) is 18.2 Å². The average molecular weight is 418 g/mol. The van der Waals surface area contributed by atoms with Crippen molar-refractivity contribution >= 4 is 38.8 Å². The fraction of sp³-hybridized carbons (Fsp3) is 0.500. The summed E-state index contributed by atoms with van der Waals surface area (Å²) in [5, 5.41) is 6.57. The summed E-state index contributed by atoms with van der Waals surface area (Å²) in [5.41, 5.74) is 1.54. The molecule has 0 radical (unpaired) electrons. The zero-order valence-corrected chi connectivity index (χ0v) is 16.6. The maximum absolute atomic E-state index is 13.0. The van der Waals surface area contributed by atoms with Crippen LogP contribution in [0, 0.1) is 11.3 Å². The van der Waals surface area contributed by atoms with Crippen molar-refractivity contribution < 1.29 is 9.59 Å². The van der Waals surface area contributed by atoms with Crippen LogP contribution >= 0.6 is 15.9 Å². The molecular formula is C20H24BrN3O2. The predicted molar refractivity (Wildman–Crippen MR) is 105 cm³/mol. The molecule has 0 unspecified atom stereocenters. The number of hydrogen-bond donors (Lipinski definition) is 2. The highest BCUT2D eigenvalue weighted by atomic mass is 79.9. The second-order valence-electron chi connectivity index (χ2n) is 7.77. The molecule has 0 aliphatic heterocycles. The smallest absolute Gasteiger partial charge is 0.325 e. The van der Waals surface area contributed by atoms with Crippen molar-refractivity contribution in [1.82, 2.24) is 15.2 Å². The van der Waals surface area contributed by atoms with E-state index >= 15 is 0 Å². The van der Waals surface area contributed by atoms with E-state index < -0.39 is 0 Å². The first-order valence-corrected chi connectivity index (χ1v) is 10.1. The fourth-order valence-electron chi connectivity index (χ4n) is 4.67. The number of benzene rings is 1. The molecule has 2 bridgehead atoms. The molecule has 1 aromatic carbocycles. The molecule has 26 heavy (non-hydrogen) atoms. The molecule has 3 aliphatic carbocycles. The van der Waals surface area contributed by atoms with Gasteiger partial charge in [-0.15, -0.1) is 0 Å². The molecule has 1 aromatic heterocycles. The maximum atomic E-state index is 13.0. The lowest BCUT2D eigenvalue weighted by molar-refractivity contribution is 0.0598. The number of fused-ring (bicyclic) bond motifs is 4. The molecule has 1 heterocycles. The van der Waals surface area contributed by atoms with Crippen LogP contribution in [-0.2, 0) is 0 Å². The number of aromatic nitrogens is 1. The van der Waals surface area contributed by atoms with E-state index in [1.54, 1.807) is 13.2 Å². The van der Waals surface area contributed by atoms with Crippen molar-refractivity contribution in [2.75, 3.05) is 13.6 Å². The Labute approximate surface area is 161 Å². The molecule has 0 atom stereocenters. The number of nitrogens with one attached hydrogen (secondary N) is 2. The van der Waals surface area contributed by atoms with Gasteiger partial charge in [-0.2, -0.15) is 0 Å². The van der Waals surface area contributed by atoms with E-state index in [0.717, 1.165) is 27.8 Å². The number of hydrogen-bond acceptors (Lipinski definition) is 2. The summed E-state index contributed by atoms with van der Waals surface area (Å²) in [5.74, 6) is 0.806. The molecule has 0 saturated heterocycles. The van der Waals surface area contributed by atoms with Gasteiger partial charge in [0.2, 0.25) is 0 Å². The number of nitrogens with zero attached hydrogens (tertiary/aromatic N) is 1. The lowest BCUT2D eigenvalue weighted by Crippen LogP contribution is -2.43. The van der Waals surface area contributed by atoms with Crippen LogP contribution in [0.2, 0.25) is 0 Å². The van der Waals surface area contributed by atoms with Gasteiger partial charge in [0.05, 0.1) is 11.1 Å². The summed E-state index contributed by atoms with van der Waals surface area (Å²) in [6.07, 6.45) is 9.22. The minimum absolute atomic E-state index is 0.105. The van der Waals surface area contributed by atoms with E-state index in [0.29, 0.717) is 5.56 Å². The van der Waals surface area contributed by atoms with Crippen LogP contribution in [0.25, 0.3) is 10.9 Å². The SMILES string of the molecule is CNC(=O)n1cc(C(=O)NCC23CCC(CC2)CC3)c2c(Br)cccc21. The molecule has 138 valence electrons. The van der Waals surface area contributed by atoms with Crippen molar-refractivity contribution in [3.63, 3.8) is 0 Å². The van der Waals surface area contributed by atoms with Gasteiger partial charge in [0.25, 0.3) is 5.91 Å². The van der Waals surface area contributed by atoms with Crippen LogP contribution in [0.3, 0.4) is 0 Å². The highest BCUT2D eigenvalue weighted by Crippen LogP contribution is 2.49. The first-order valence-electron chi connectivity index (χ1n) is 9.33. The highest BCUT2D eigenvalue weighted by Gasteiger charge is 2.40. The second-order valence-corrected chi connectivity index (χ2v) is 8.62. The summed E-state index contributed by atoms with van der Waals surface area (Å²) < 4.78 is 2.32. The molecule has 5 nitrogen and oxygen atoms in total. The van der Waals surface area contributed by atoms with Crippen LogP contribution in [0.15, 0.2) is 28.9 Å². The zero-order chi connectivity index (χ0) is 18.3. The van der Waals surface area contributed by atoms with Gasteiger partial charge in [0.15, 0.2) is 0 Å². The zero-order valence-electron chi connectivity index (χ0n) is 15.0. The number of carbonyl (C=O) groups is 2. The average Bonchev–Trinajstić information content (AvgIpc) is 3.08. The summed E-state index contributed by atoms with van der Waals surface area (Å²) in [4.78, 5) is 25.2. The number of amides is 2. The fourth-order valence-corrected chi connectivity index (χ4v) is 5.24. The van der Waals surface area contributed by atoms with Gasteiger partial charge in [0, 0.05) is 29.6 Å². The van der Waals surface area contributed by atoms with E-state index in [9.17, 15) is 9.59 Å². The Bertz CT molecular complexity index is 852. The van der Waals surface area contributed by atoms with Crippen LogP contribution in [0.1, 0.15) is 48.9 Å². The maximum Gasteiger partial charge on any atom is 0.325 e. The number of carbonyl (C=O) groups excluding carboxylic acids is 2. The summed E-state index contributed by atoms with van der Waals surface area (Å²) in [6.45, 7) is 0.732. The van der Waals surface area contributed by atoms with E-state index in [1.165, 1.54) is 43.1 Å². The normalized spacial score (nSPS) is 24.6. The molecular weight excluding hydrogens is 394 g/mol. The third-order valence-corrected chi connectivity index (χ3v) is 6.99. The monoisotopic (exact) mass is 417 g/mol. The van der Waals surface area contributed by atoms with Gasteiger partial charge in [-0.3, -0.25) is 9.36 Å². The Hall–Kier alpha value is -1.82. The number of rotatable bonds is 3. The summed E-state index contributed by atoms with van der Waals surface area (Å²) in [7, 11) is 1.59. The first-order chi connectivity index (χ1) is 12.5. The lowest BCUT2D eigenvalue weighted by Gasteiger charge is -2.46. The van der Waals surface area contributed by atoms with Gasteiger partial charge in [0.1, 0.15) is 0 Å². The van der Waals surface area contributed by atoms with Crippen molar-refractivity contribution in [3.05, 3.63) is 34.4 Å². The molecule has 0 spiro atoms. The minimum atomic E-state index is -0.253. The van der Waals surface area contributed by atoms with Gasteiger partial charge in [-0.05, 0) is 62.0 Å². The quantitative estimate of drug-likeness (QED) is 0.781. The van der Waals surface area contributed by atoms with Crippen LogP contribution < -0.4 is 10.6 Å². The van der Waals surface area contributed by atoms with Gasteiger partial charge in [-0.1, -0.05) is 22.0 Å². The first kappa shape index (κ1) is 17.6. The van der Waals surface area contributed by atoms with Crippen LogP contribution in [0.5, 0.6) is 0 Å². The Morgan fingerprint density at radius 3 is 2.58 bits per heavy atom. The van der Waals surface area contributed by atoms with Crippen LogP contribution in [-0.4, -0.2) is 30.1 Å². The van der Waals surface area contributed by atoms with Crippen molar-refractivity contribution in [1.29, 1.82) is 0 Å².